The standard InChI is InChI=1S/C29H38N2O6/c1-18(2)17-37-22-11-10-21(15-19(22)3)27(32)25-26(20-9-12-23(35-6)24(16-20)36-7)31(29(34)28(25)33)14-8-13-30(4)5/h9-12,15-16,18,26,32H,8,13-14,17H2,1-7H3/p+1. The molecule has 0 saturated carbocycles. The Kier molecular flexibility index (Phi) is 9.21. The Bertz CT molecular complexity index is 1170. The summed E-state index contributed by atoms with van der Waals surface area (Å²) in [6, 6.07) is 9.81. The zero-order valence-electron chi connectivity index (χ0n) is 22.9. The Balaban J connectivity index is 2.10. The Morgan fingerprint density at radius 1 is 1.03 bits per heavy atom. The van der Waals surface area contributed by atoms with Crippen molar-refractivity contribution in [3.05, 3.63) is 58.7 Å². The van der Waals surface area contributed by atoms with E-state index in [0.717, 1.165) is 12.1 Å². The number of Topliss-reactive ketones (excluding diaryl/α,β-unsaturated/α-hetero) is 1. The summed E-state index contributed by atoms with van der Waals surface area (Å²) in [4.78, 5) is 29.3. The number of rotatable bonds is 11. The van der Waals surface area contributed by atoms with Gasteiger partial charge in [0, 0.05) is 18.5 Å². The van der Waals surface area contributed by atoms with Crippen LogP contribution in [0.1, 0.15) is 43.0 Å². The number of carbonyl (C=O) groups excluding carboxylic acids is 2. The summed E-state index contributed by atoms with van der Waals surface area (Å²) >= 11 is 0. The first-order chi connectivity index (χ1) is 17.6. The van der Waals surface area contributed by atoms with E-state index in [1.165, 1.54) is 12.0 Å². The molecule has 0 bridgehead atoms. The van der Waals surface area contributed by atoms with Gasteiger partial charge in [-0.25, -0.2) is 0 Å². The lowest BCUT2D eigenvalue weighted by molar-refractivity contribution is -0.858. The van der Waals surface area contributed by atoms with Gasteiger partial charge in [0.2, 0.25) is 0 Å². The molecule has 8 nitrogen and oxygen atoms in total. The number of quaternary nitrogens is 1. The van der Waals surface area contributed by atoms with Crippen LogP contribution in [0.5, 0.6) is 17.2 Å². The molecule has 37 heavy (non-hydrogen) atoms. The number of aliphatic hydroxyl groups excluding tert-OH is 1. The molecule has 2 aromatic carbocycles. The summed E-state index contributed by atoms with van der Waals surface area (Å²) in [7, 11) is 7.15. The van der Waals surface area contributed by atoms with E-state index in [-0.39, 0.29) is 11.3 Å². The zero-order chi connectivity index (χ0) is 27.3. The summed E-state index contributed by atoms with van der Waals surface area (Å²) in [5.74, 6) is 0.568. The number of methoxy groups -OCH3 is 2. The number of carbonyl (C=O) groups is 2. The molecule has 0 aliphatic carbocycles. The third kappa shape index (κ3) is 6.25. The molecule has 1 atom stereocenters. The smallest absolute Gasteiger partial charge is 0.295 e. The summed E-state index contributed by atoms with van der Waals surface area (Å²) in [6.07, 6.45) is 0.709. The van der Waals surface area contributed by atoms with Gasteiger partial charge in [-0.05, 0) is 54.3 Å². The zero-order valence-corrected chi connectivity index (χ0v) is 22.9. The summed E-state index contributed by atoms with van der Waals surface area (Å²) < 4.78 is 16.7. The monoisotopic (exact) mass is 511 g/mol. The van der Waals surface area contributed by atoms with Crippen LogP contribution in [0.15, 0.2) is 42.0 Å². The van der Waals surface area contributed by atoms with Crippen molar-refractivity contribution in [2.24, 2.45) is 5.92 Å². The van der Waals surface area contributed by atoms with Crippen LogP contribution in [-0.2, 0) is 9.59 Å². The molecule has 1 saturated heterocycles. The van der Waals surface area contributed by atoms with Crippen molar-refractivity contribution in [2.45, 2.75) is 33.2 Å². The average molecular weight is 512 g/mol. The molecule has 0 aromatic heterocycles. The molecule has 8 heteroatoms. The largest absolute Gasteiger partial charge is 0.507 e. The second kappa shape index (κ2) is 12.1. The number of likely N-dealkylation sites (tertiary alicyclic amines) is 1. The lowest BCUT2D eigenvalue weighted by Gasteiger charge is -2.26. The van der Waals surface area contributed by atoms with Crippen LogP contribution >= 0.6 is 0 Å². The number of aryl methyl sites for hydroxylation is 1. The number of amides is 1. The van der Waals surface area contributed by atoms with E-state index in [2.05, 4.69) is 13.8 Å². The molecule has 0 radical (unpaired) electrons. The predicted molar refractivity (Wildman–Crippen MR) is 142 cm³/mol. The molecule has 2 aromatic rings. The predicted octanol–water partition coefficient (Wildman–Crippen LogP) is 3.00. The third-order valence-electron chi connectivity index (χ3n) is 6.36. The topological polar surface area (TPSA) is 89.7 Å². The summed E-state index contributed by atoms with van der Waals surface area (Å²) in [6.45, 7) is 7.82. The molecule has 0 spiro atoms. The number of aliphatic hydroxyl groups is 1. The Labute approximate surface area is 219 Å². The van der Waals surface area contributed by atoms with E-state index >= 15 is 0 Å². The van der Waals surface area contributed by atoms with Gasteiger partial charge in [-0.2, -0.15) is 0 Å². The molecular weight excluding hydrogens is 472 g/mol. The van der Waals surface area contributed by atoms with Crippen molar-refractivity contribution < 1.29 is 33.8 Å². The number of ketones is 1. The molecule has 3 rings (SSSR count). The van der Waals surface area contributed by atoms with Gasteiger partial charge in [0.1, 0.15) is 11.5 Å². The molecule has 1 aliphatic rings. The maximum Gasteiger partial charge on any atom is 0.295 e. The van der Waals surface area contributed by atoms with Gasteiger partial charge in [0.15, 0.2) is 11.5 Å². The number of hydrogen-bond acceptors (Lipinski definition) is 6. The van der Waals surface area contributed by atoms with E-state index in [0.29, 0.717) is 53.9 Å². The Morgan fingerprint density at radius 2 is 1.70 bits per heavy atom. The van der Waals surface area contributed by atoms with Crippen LogP contribution in [0.4, 0.5) is 0 Å². The minimum absolute atomic E-state index is 0.0599. The second-order valence-corrected chi connectivity index (χ2v) is 10.1. The summed E-state index contributed by atoms with van der Waals surface area (Å²) in [5.41, 5.74) is 2.00. The first-order valence-corrected chi connectivity index (χ1v) is 12.6. The van der Waals surface area contributed by atoms with Crippen molar-refractivity contribution in [3.63, 3.8) is 0 Å². The van der Waals surface area contributed by atoms with Gasteiger partial charge >= 0.3 is 0 Å². The maximum atomic E-state index is 13.3. The second-order valence-electron chi connectivity index (χ2n) is 10.1. The van der Waals surface area contributed by atoms with E-state index in [1.807, 2.05) is 21.0 Å². The highest BCUT2D eigenvalue weighted by atomic mass is 16.5. The van der Waals surface area contributed by atoms with Crippen molar-refractivity contribution >= 4 is 17.4 Å². The first-order valence-electron chi connectivity index (χ1n) is 12.6. The minimum atomic E-state index is -0.755. The fourth-order valence-corrected chi connectivity index (χ4v) is 4.45. The minimum Gasteiger partial charge on any atom is -0.507 e. The molecule has 1 aliphatic heterocycles. The summed E-state index contributed by atoms with van der Waals surface area (Å²) in [5, 5.41) is 11.4. The van der Waals surface area contributed by atoms with Crippen LogP contribution in [0.3, 0.4) is 0 Å². The van der Waals surface area contributed by atoms with Crippen molar-refractivity contribution in [1.29, 1.82) is 0 Å². The lowest BCUT2D eigenvalue weighted by Crippen LogP contribution is -3.05. The van der Waals surface area contributed by atoms with Crippen molar-refractivity contribution in [2.75, 3.05) is 48.0 Å². The molecule has 2 N–H and O–H groups in total. The average Bonchev–Trinajstić information content (AvgIpc) is 3.11. The van der Waals surface area contributed by atoms with Gasteiger partial charge < -0.3 is 29.1 Å². The number of benzene rings is 2. The van der Waals surface area contributed by atoms with E-state index in [9.17, 15) is 14.7 Å². The highest BCUT2D eigenvalue weighted by Gasteiger charge is 2.46. The fraction of sp³-hybridized carbons (Fsp3) is 0.448. The SMILES string of the molecule is COc1ccc(C2C(=C(O)c3ccc(OCC(C)C)c(C)c3)C(=O)C(=O)N2CCC[NH+](C)C)cc1OC. The van der Waals surface area contributed by atoms with Crippen LogP contribution in [0.25, 0.3) is 5.76 Å². The van der Waals surface area contributed by atoms with Gasteiger partial charge in [0.05, 0.1) is 53.1 Å². The number of ether oxygens (including phenoxy) is 3. The molecule has 1 fully saturated rings. The van der Waals surface area contributed by atoms with Gasteiger partial charge in [-0.3, -0.25) is 9.59 Å². The highest BCUT2D eigenvalue weighted by molar-refractivity contribution is 6.46. The fourth-order valence-electron chi connectivity index (χ4n) is 4.45. The molecule has 1 unspecified atom stereocenters. The molecular formula is C29H39N2O6+. The third-order valence-corrected chi connectivity index (χ3v) is 6.36. The number of nitrogens with one attached hydrogen (secondary N) is 1. The van der Waals surface area contributed by atoms with Crippen LogP contribution in [0, 0.1) is 12.8 Å². The van der Waals surface area contributed by atoms with E-state index in [1.54, 1.807) is 48.4 Å². The molecule has 1 amide bonds. The maximum absolute atomic E-state index is 13.3. The highest BCUT2D eigenvalue weighted by Crippen LogP contribution is 2.42. The molecule has 200 valence electrons. The first kappa shape index (κ1) is 28.1. The van der Waals surface area contributed by atoms with Gasteiger partial charge in [0.25, 0.3) is 11.7 Å². The van der Waals surface area contributed by atoms with Crippen molar-refractivity contribution in [1.82, 2.24) is 4.90 Å². The Morgan fingerprint density at radius 3 is 2.30 bits per heavy atom. The van der Waals surface area contributed by atoms with Gasteiger partial charge in [-0.1, -0.05) is 19.9 Å². The van der Waals surface area contributed by atoms with E-state index < -0.39 is 17.7 Å². The van der Waals surface area contributed by atoms with Crippen LogP contribution < -0.4 is 19.1 Å². The number of hydrogen-bond donors (Lipinski definition) is 2. The lowest BCUT2D eigenvalue weighted by atomic mass is 9.94. The van der Waals surface area contributed by atoms with Crippen LogP contribution in [-0.4, -0.2) is 69.7 Å². The van der Waals surface area contributed by atoms with Gasteiger partial charge in [-0.15, -0.1) is 0 Å². The quantitative estimate of drug-likeness (QED) is 0.274. The van der Waals surface area contributed by atoms with Crippen molar-refractivity contribution in [3.8, 4) is 17.2 Å². The normalized spacial score (nSPS) is 17.1. The Hall–Kier alpha value is -3.52. The molecule has 1 heterocycles. The number of nitrogens with zero attached hydrogens (tertiary/aromatic N) is 1. The van der Waals surface area contributed by atoms with Crippen LogP contribution in [0.2, 0.25) is 0 Å². The van der Waals surface area contributed by atoms with E-state index in [4.69, 9.17) is 14.2 Å².